The van der Waals surface area contributed by atoms with Gasteiger partial charge in [0.1, 0.15) is 0 Å². The smallest absolute Gasteiger partial charge is 0.404 e. The molecular weight excluding hydrogens is 268 g/mol. The fourth-order valence-corrected chi connectivity index (χ4v) is 1.20. The molecule has 1 heterocycles. The third-order valence-corrected chi connectivity index (χ3v) is 1.89. The Kier molecular flexibility index (Phi) is 3.60. The van der Waals surface area contributed by atoms with E-state index in [2.05, 4.69) is 9.72 Å². The fourth-order valence-electron chi connectivity index (χ4n) is 1.20. The minimum Gasteiger partial charge on any atom is -0.404 e. The molecule has 0 saturated carbocycles. The molecule has 10 heteroatoms. The van der Waals surface area contributed by atoms with Crippen LogP contribution in [0.3, 0.4) is 0 Å². The normalized spacial score (nSPS) is 12.6. The number of halogens is 6. The summed E-state index contributed by atoms with van der Waals surface area (Å²) in [6.45, 7) is -0.650. The highest BCUT2D eigenvalue weighted by molar-refractivity contribution is 5.57. The van der Waals surface area contributed by atoms with E-state index in [1.807, 2.05) is 0 Å². The van der Waals surface area contributed by atoms with E-state index in [4.69, 9.17) is 11.5 Å². The molecule has 1 rings (SSSR count). The van der Waals surface area contributed by atoms with Gasteiger partial charge in [-0.15, -0.1) is 13.2 Å². The predicted molar refractivity (Wildman–Crippen MR) is 48.2 cm³/mol. The number of nitrogens with zero attached hydrogens (tertiary/aromatic N) is 1. The van der Waals surface area contributed by atoms with Gasteiger partial charge in [0.15, 0.2) is 11.4 Å². The van der Waals surface area contributed by atoms with Gasteiger partial charge >= 0.3 is 12.5 Å². The van der Waals surface area contributed by atoms with Gasteiger partial charge in [-0.3, -0.25) is 0 Å². The molecule has 0 spiro atoms. The number of pyridine rings is 1. The van der Waals surface area contributed by atoms with E-state index in [9.17, 15) is 26.3 Å². The van der Waals surface area contributed by atoms with E-state index in [1.165, 1.54) is 0 Å². The monoisotopic (exact) mass is 275 g/mol. The second-order valence-electron chi connectivity index (χ2n) is 3.11. The summed E-state index contributed by atoms with van der Waals surface area (Å²) in [6, 6.07) is 0. The summed E-state index contributed by atoms with van der Waals surface area (Å²) in [4.78, 5) is 2.81. The van der Waals surface area contributed by atoms with Gasteiger partial charge in [-0.05, 0) is 0 Å². The van der Waals surface area contributed by atoms with Gasteiger partial charge in [-0.1, -0.05) is 0 Å². The van der Waals surface area contributed by atoms with Crippen molar-refractivity contribution in [2.75, 3.05) is 5.73 Å². The Labute approximate surface area is 96.5 Å². The Balaban J connectivity index is 3.30. The lowest BCUT2D eigenvalue weighted by molar-refractivity contribution is -0.275. The molecule has 0 bridgehead atoms. The van der Waals surface area contributed by atoms with Gasteiger partial charge in [-0.2, -0.15) is 13.2 Å². The van der Waals surface area contributed by atoms with Gasteiger partial charge in [0.2, 0.25) is 0 Å². The quantitative estimate of drug-likeness (QED) is 0.810. The van der Waals surface area contributed by atoms with Crippen LogP contribution in [-0.2, 0) is 12.7 Å². The Morgan fingerprint density at radius 1 is 1.17 bits per heavy atom. The molecule has 0 saturated heterocycles. The van der Waals surface area contributed by atoms with Crippen LogP contribution in [0.2, 0.25) is 0 Å². The third kappa shape index (κ3) is 3.15. The number of nitrogens with two attached hydrogens (primary N) is 2. The lowest BCUT2D eigenvalue weighted by Crippen LogP contribution is -2.21. The first-order valence-electron chi connectivity index (χ1n) is 4.36. The molecule has 18 heavy (non-hydrogen) atoms. The highest BCUT2D eigenvalue weighted by Gasteiger charge is 2.38. The SMILES string of the molecule is NCc1c(OC(F)(F)F)cnc(C(F)(F)F)c1N. The molecular formula is C8H7F6N3O. The number of aromatic nitrogens is 1. The average Bonchev–Trinajstić information content (AvgIpc) is 2.13. The van der Waals surface area contributed by atoms with Crippen LogP contribution in [0.4, 0.5) is 32.0 Å². The summed E-state index contributed by atoms with van der Waals surface area (Å²) in [7, 11) is 0. The summed E-state index contributed by atoms with van der Waals surface area (Å²) in [5.74, 6) is -0.949. The van der Waals surface area contributed by atoms with E-state index in [0.717, 1.165) is 0 Å². The zero-order valence-corrected chi connectivity index (χ0v) is 8.56. The lowest BCUT2D eigenvalue weighted by atomic mass is 10.1. The first-order valence-corrected chi connectivity index (χ1v) is 4.36. The minimum atomic E-state index is -5.07. The lowest BCUT2D eigenvalue weighted by Gasteiger charge is -2.16. The van der Waals surface area contributed by atoms with Crippen molar-refractivity contribution in [1.82, 2.24) is 4.98 Å². The van der Waals surface area contributed by atoms with E-state index in [1.54, 1.807) is 0 Å². The number of anilines is 1. The van der Waals surface area contributed by atoms with Gasteiger partial charge in [0.05, 0.1) is 11.9 Å². The maximum Gasteiger partial charge on any atom is 0.573 e. The fraction of sp³-hybridized carbons (Fsp3) is 0.375. The standard InChI is InChI=1S/C8H7F6N3O/c9-7(10,11)6-5(16)3(1-15)4(2-17-6)18-8(12,13)14/h2H,1,15-16H2. The van der Waals surface area contributed by atoms with Crippen LogP contribution in [0, 0.1) is 0 Å². The van der Waals surface area contributed by atoms with Crippen molar-refractivity contribution in [2.45, 2.75) is 19.1 Å². The van der Waals surface area contributed by atoms with Crippen LogP contribution in [0.5, 0.6) is 5.75 Å². The zero-order chi connectivity index (χ0) is 14.1. The summed E-state index contributed by atoms with van der Waals surface area (Å²) in [5.41, 5.74) is 7.07. The van der Waals surface area contributed by atoms with E-state index in [0.29, 0.717) is 0 Å². The molecule has 0 radical (unpaired) electrons. The van der Waals surface area contributed by atoms with E-state index in [-0.39, 0.29) is 6.20 Å². The summed E-state index contributed by atoms with van der Waals surface area (Å²) in [6.07, 6.45) is -9.67. The third-order valence-electron chi connectivity index (χ3n) is 1.89. The van der Waals surface area contributed by atoms with Crippen LogP contribution in [0.15, 0.2) is 6.20 Å². The van der Waals surface area contributed by atoms with Crippen molar-refractivity contribution < 1.29 is 31.1 Å². The number of hydrogen-bond acceptors (Lipinski definition) is 4. The number of hydrogen-bond donors (Lipinski definition) is 2. The van der Waals surface area contributed by atoms with Crippen molar-refractivity contribution in [3.05, 3.63) is 17.5 Å². The van der Waals surface area contributed by atoms with Crippen LogP contribution in [0.1, 0.15) is 11.3 Å². The van der Waals surface area contributed by atoms with Crippen LogP contribution in [0.25, 0.3) is 0 Å². The van der Waals surface area contributed by atoms with Crippen LogP contribution in [-0.4, -0.2) is 11.3 Å². The Hall–Kier alpha value is -1.71. The molecule has 1 aromatic heterocycles. The summed E-state index contributed by atoms with van der Waals surface area (Å²) >= 11 is 0. The van der Waals surface area contributed by atoms with Gasteiger partial charge in [0, 0.05) is 12.1 Å². The number of nitrogen functional groups attached to an aromatic ring is 1. The Morgan fingerprint density at radius 3 is 2.11 bits per heavy atom. The molecule has 0 atom stereocenters. The minimum absolute atomic E-state index is 0.287. The molecule has 4 N–H and O–H groups in total. The molecule has 1 aromatic rings. The second kappa shape index (κ2) is 4.52. The molecule has 0 aliphatic heterocycles. The van der Waals surface area contributed by atoms with Crippen LogP contribution < -0.4 is 16.2 Å². The maximum absolute atomic E-state index is 12.4. The van der Waals surface area contributed by atoms with Crippen molar-refractivity contribution in [2.24, 2.45) is 5.73 Å². The molecule has 0 aliphatic rings. The molecule has 0 fully saturated rings. The highest BCUT2D eigenvalue weighted by Crippen LogP contribution is 2.37. The second-order valence-corrected chi connectivity index (χ2v) is 3.11. The van der Waals surface area contributed by atoms with Crippen molar-refractivity contribution in [1.29, 1.82) is 0 Å². The van der Waals surface area contributed by atoms with Gasteiger partial charge < -0.3 is 16.2 Å². The molecule has 0 unspecified atom stereocenters. The molecule has 0 aromatic carbocycles. The first kappa shape index (κ1) is 14.4. The van der Waals surface area contributed by atoms with Crippen molar-refractivity contribution >= 4 is 5.69 Å². The highest BCUT2D eigenvalue weighted by atomic mass is 19.4. The predicted octanol–water partition coefficient (Wildman–Crippen LogP) is 2.04. The van der Waals surface area contributed by atoms with E-state index >= 15 is 0 Å². The number of ether oxygens (including phenoxy) is 1. The van der Waals surface area contributed by atoms with Gasteiger partial charge in [-0.25, -0.2) is 4.98 Å². The zero-order valence-electron chi connectivity index (χ0n) is 8.56. The number of alkyl halides is 6. The average molecular weight is 275 g/mol. The summed E-state index contributed by atoms with van der Waals surface area (Å²) < 4.78 is 76.6. The summed E-state index contributed by atoms with van der Waals surface area (Å²) in [5, 5.41) is 0. The van der Waals surface area contributed by atoms with Gasteiger partial charge in [0.25, 0.3) is 0 Å². The van der Waals surface area contributed by atoms with E-state index < -0.39 is 41.8 Å². The maximum atomic E-state index is 12.4. The van der Waals surface area contributed by atoms with Crippen molar-refractivity contribution in [3.8, 4) is 5.75 Å². The molecule has 0 aliphatic carbocycles. The van der Waals surface area contributed by atoms with Crippen molar-refractivity contribution in [3.63, 3.8) is 0 Å². The number of rotatable bonds is 2. The molecule has 4 nitrogen and oxygen atoms in total. The molecule has 102 valence electrons. The first-order chi connectivity index (χ1) is 8.06. The topological polar surface area (TPSA) is 74.2 Å². The Bertz CT molecular complexity index is 442. The molecule has 0 amide bonds. The Morgan fingerprint density at radius 2 is 1.72 bits per heavy atom. The largest absolute Gasteiger partial charge is 0.573 e. The van der Waals surface area contributed by atoms with Crippen LogP contribution >= 0.6 is 0 Å².